The number of para-hydroxylation sites is 2. The first-order valence-electron chi connectivity index (χ1n) is 10.3. The van der Waals surface area contributed by atoms with Crippen molar-refractivity contribution in [2.24, 2.45) is 0 Å². The molecule has 0 bridgehead atoms. The first-order chi connectivity index (χ1) is 14.3. The van der Waals surface area contributed by atoms with Crippen molar-refractivity contribution in [3.63, 3.8) is 0 Å². The Hall–Kier alpha value is -3.52. The van der Waals surface area contributed by atoms with E-state index in [1.807, 2.05) is 0 Å². The minimum absolute atomic E-state index is 0.520. The van der Waals surface area contributed by atoms with Gasteiger partial charge in [0.05, 0.1) is 11.0 Å². The van der Waals surface area contributed by atoms with Crippen molar-refractivity contribution in [2.75, 3.05) is 5.32 Å². The molecule has 5 aromatic rings. The van der Waals surface area contributed by atoms with Crippen molar-refractivity contribution in [3.05, 3.63) is 96.6 Å². The second kappa shape index (κ2) is 6.25. The van der Waals surface area contributed by atoms with Crippen molar-refractivity contribution in [3.8, 4) is 16.8 Å². The number of fused-ring (bicyclic) bond motifs is 4. The first kappa shape index (κ1) is 16.4. The molecule has 1 aromatic heterocycles. The maximum atomic E-state index is 3.55. The summed E-state index contributed by atoms with van der Waals surface area (Å²) >= 11 is 0. The Bertz CT molecular complexity index is 1360. The van der Waals surface area contributed by atoms with E-state index in [4.69, 9.17) is 0 Å². The fourth-order valence-electron chi connectivity index (χ4n) is 4.74. The second-order valence-electron chi connectivity index (χ2n) is 8.04. The van der Waals surface area contributed by atoms with Crippen molar-refractivity contribution in [1.82, 2.24) is 4.57 Å². The quantitative estimate of drug-likeness (QED) is 0.359. The lowest BCUT2D eigenvalue weighted by molar-refractivity contribution is 0.839. The molecule has 0 aliphatic carbocycles. The number of hydrogen-bond donors (Lipinski definition) is 1. The summed E-state index contributed by atoms with van der Waals surface area (Å²) in [6, 6.07) is 33.5. The van der Waals surface area contributed by atoms with E-state index in [2.05, 4.69) is 108 Å². The van der Waals surface area contributed by atoms with Crippen LogP contribution in [0.2, 0.25) is 0 Å². The summed E-state index contributed by atoms with van der Waals surface area (Å²) in [5.41, 5.74) is 8.96. The highest BCUT2D eigenvalue weighted by Crippen LogP contribution is 2.36. The molecule has 140 valence electrons. The van der Waals surface area contributed by atoms with Crippen molar-refractivity contribution < 1.29 is 0 Å². The Labute approximate surface area is 170 Å². The van der Waals surface area contributed by atoms with Gasteiger partial charge in [0.1, 0.15) is 0 Å². The van der Waals surface area contributed by atoms with Gasteiger partial charge in [-0.25, -0.2) is 0 Å². The fraction of sp³-hybridized carbons (Fsp3) is 0.111. The predicted octanol–water partition coefficient (Wildman–Crippen LogP) is 6.81. The molecule has 2 nitrogen and oxygen atoms in total. The molecule has 1 atom stereocenters. The second-order valence-corrected chi connectivity index (χ2v) is 8.04. The SMILES string of the molecule is C[C@H]1Cc2cc(-c3ccc4c(c3)c3ccccc3n4-c3ccccc3)ccc2N1. The van der Waals surface area contributed by atoms with Crippen molar-refractivity contribution >= 4 is 27.5 Å². The zero-order chi connectivity index (χ0) is 19.4. The predicted molar refractivity (Wildman–Crippen MR) is 123 cm³/mol. The lowest BCUT2D eigenvalue weighted by Gasteiger charge is -2.08. The summed E-state index contributed by atoms with van der Waals surface area (Å²) in [7, 11) is 0. The number of benzene rings is 4. The van der Waals surface area contributed by atoms with E-state index in [1.54, 1.807) is 0 Å². The highest BCUT2D eigenvalue weighted by molar-refractivity contribution is 6.10. The average molecular weight is 374 g/mol. The summed E-state index contributed by atoms with van der Waals surface area (Å²) in [5.74, 6) is 0. The zero-order valence-electron chi connectivity index (χ0n) is 16.4. The van der Waals surface area contributed by atoms with Crippen LogP contribution in [0.4, 0.5) is 5.69 Å². The Morgan fingerprint density at radius 2 is 1.45 bits per heavy atom. The van der Waals surface area contributed by atoms with E-state index < -0.39 is 0 Å². The number of rotatable bonds is 2. The minimum Gasteiger partial charge on any atom is -0.382 e. The monoisotopic (exact) mass is 374 g/mol. The van der Waals surface area contributed by atoms with Crippen LogP contribution in [0.25, 0.3) is 38.6 Å². The van der Waals surface area contributed by atoms with E-state index in [0.29, 0.717) is 6.04 Å². The molecular weight excluding hydrogens is 352 g/mol. The molecule has 29 heavy (non-hydrogen) atoms. The summed E-state index contributed by atoms with van der Waals surface area (Å²) < 4.78 is 2.36. The Morgan fingerprint density at radius 1 is 0.724 bits per heavy atom. The van der Waals surface area contributed by atoms with Crippen LogP contribution in [0, 0.1) is 0 Å². The molecule has 1 N–H and O–H groups in total. The first-order valence-corrected chi connectivity index (χ1v) is 10.3. The van der Waals surface area contributed by atoms with E-state index in [-0.39, 0.29) is 0 Å². The lowest BCUT2D eigenvalue weighted by Crippen LogP contribution is -2.08. The van der Waals surface area contributed by atoms with Gasteiger partial charge in [0.25, 0.3) is 0 Å². The average Bonchev–Trinajstić information content (AvgIpc) is 3.30. The smallest absolute Gasteiger partial charge is 0.0541 e. The molecule has 0 saturated heterocycles. The normalized spacial score (nSPS) is 15.6. The van der Waals surface area contributed by atoms with Crippen LogP contribution in [0.15, 0.2) is 91.0 Å². The number of nitrogens with one attached hydrogen (secondary N) is 1. The largest absolute Gasteiger partial charge is 0.382 e. The molecule has 1 aliphatic rings. The minimum atomic E-state index is 0.520. The van der Waals surface area contributed by atoms with Crippen LogP contribution >= 0.6 is 0 Å². The number of anilines is 1. The maximum absolute atomic E-state index is 3.55. The molecule has 0 fully saturated rings. The molecular formula is C27H22N2. The highest BCUT2D eigenvalue weighted by Gasteiger charge is 2.18. The van der Waals surface area contributed by atoms with Gasteiger partial charge < -0.3 is 9.88 Å². The van der Waals surface area contributed by atoms with Gasteiger partial charge in [0.15, 0.2) is 0 Å². The van der Waals surface area contributed by atoms with Crippen LogP contribution < -0.4 is 5.32 Å². The van der Waals surface area contributed by atoms with E-state index >= 15 is 0 Å². The fourth-order valence-corrected chi connectivity index (χ4v) is 4.74. The Morgan fingerprint density at radius 3 is 2.34 bits per heavy atom. The van der Waals surface area contributed by atoms with Crippen molar-refractivity contribution in [2.45, 2.75) is 19.4 Å². The van der Waals surface area contributed by atoms with Gasteiger partial charge in [-0.2, -0.15) is 0 Å². The molecule has 1 aliphatic heterocycles. The van der Waals surface area contributed by atoms with Crippen LogP contribution in [-0.2, 0) is 6.42 Å². The van der Waals surface area contributed by atoms with Gasteiger partial charge in [0.2, 0.25) is 0 Å². The Balaban J connectivity index is 1.58. The molecule has 4 aromatic carbocycles. The molecule has 0 spiro atoms. The third kappa shape index (κ3) is 2.56. The number of aromatic nitrogens is 1. The van der Waals surface area contributed by atoms with Crippen LogP contribution in [0.5, 0.6) is 0 Å². The van der Waals surface area contributed by atoms with Gasteiger partial charge in [0, 0.05) is 28.2 Å². The topological polar surface area (TPSA) is 17.0 Å². The third-order valence-electron chi connectivity index (χ3n) is 6.05. The summed E-state index contributed by atoms with van der Waals surface area (Å²) in [6.45, 7) is 2.24. The Kier molecular flexibility index (Phi) is 3.54. The molecule has 0 radical (unpaired) electrons. The van der Waals surface area contributed by atoms with E-state index in [9.17, 15) is 0 Å². The third-order valence-corrected chi connectivity index (χ3v) is 6.05. The number of hydrogen-bond acceptors (Lipinski definition) is 1. The summed E-state index contributed by atoms with van der Waals surface area (Å²) in [6.07, 6.45) is 1.10. The summed E-state index contributed by atoms with van der Waals surface area (Å²) in [5, 5.41) is 6.14. The lowest BCUT2D eigenvalue weighted by atomic mass is 9.99. The van der Waals surface area contributed by atoms with Gasteiger partial charge in [-0.3, -0.25) is 0 Å². The molecule has 0 unspecified atom stereocenters. The maximum Gasteiger partial charge on any atom is 0.0541 e. The van der Waals surface area contributed by atoms with E-state index in [0.717, 1.165) is 6.42 Å². The standard InChI is InChI=1S/C27H22N2/c1-18-15-21-16-19(11-13-25(21)28-18)20-12-14-27-24(17-20)23-9-5-6-10-26(23)29(27)22-7-3-2-4-8-22/h2-14,16-18,28H,15H2,1H3/t18-/m0/s1. The van der Waals surface area contributed by atoms with Crippen LogP contribution in [0.1, 0.15) is 12.5 Å². The molecule has 0 amide bonds. The summed E-state index contributed by atoms with van der Waals surface area (Å²) in [4.78, 5) is 0. The molecule has 6 rings (SSSR count). The molecule has 2 heterocycles. The highest BCUT2D eigenvalue weighted by atomic mass is 15.0. The molecule has 0 saturated carbocycles. The van der Waals surface area contributed by atoms with Gasteiger partial charge in [-0.05, 0) is 72.5 Å². The van der Waals surface area contributed by atoms with Gasteiger partial charge in [-0.1, -0.05) is 48.5 Å². The van der Waals surface area contributed by atoms with Crippen LogP contribution in [-0.4, -0.2) is 10.6 Å². The van der Waals surface area contributed by atoms with Gasteiger partial charge >= 0.3 is 0 Å². The van der Waals surface area contributed by atoms with Crippen molar-refractivity contribution in [1.29, 1.82) is 0 Å². The zero-order valence-corrected chi connectivity index (χ0v) is 16.4. The van der Waals surface area contributed by atoms with Gasteiger partial charge in [-0.15, -0.1) is 0 Å². The number of nitrogens with zero attached hydrogens (tertiary/aromatic N) is 1. The molecule has 2 heteroatoms. The van der Waals surface area contributed by atoms with Crippen LogP contribution in [0.3, 0.4) is 0 Å². The van der Waals surface area contributed by atoms with E-state index in [1.165, 1.54) is 49.9 Å².